The summed E-state index contributed by atoms with van der Waals surface area (Å²) in [7, 11) is 2.22. The highest BCUT2D eigenvalue weighted by Crippen LogP contribution is 2.26. The van der Waals surface area contributed by atoms with Crippen molar-refractivity contribution >= 4 is 28.6 Å². The van der Waals surface area contributed by atoms with E-state index in [-0.39, 0.29) is 5.91 Å². The lowest BCUT2D eigenvalue weighted by atomic mass is 9.97. The number of aryl methyl sites for hydroxylation is 3. The van der Waals surface area contributed by atoms with Gasteiger partial charge in [0.1, 0.15) is 0 Å². The van der Waals surface area contributed by atoms with Crippen LogP contribution in [0.1, 0.15) is 81.3 Å². The first-order chi connectivity index (χ1) is 21.1. The van der Waals surface area contributed by atoms with Gasteiger partial charge in [0.2, 0.25) is 5.95 Å². The van der Waals surface area contributed by atoms with Gasteiger partial charge in [0, 0.05) is 30.9 Å². The Morgan fingerprint density at radius 1 is 0.955 bits per heavy atom. The second kappa shape index (κ2) is 16.1. The molecule has 0 saturated heterocycles. The molecule has 0 fully saturated rings. The van der Waals surface area contributed by atoms with Crippen molar-refractivity contribution in [3.8, 4) is 0 Å². The second-order valence-electron chi connectivity index (χ2n) is 13.7. The number of carbonyl (C=O) groups excluding carboxylic acids is 1. The van der Waals surface area contributed by atoms with Gasteiger partial charge in [-0.2, -0.15) is 0 Å². The predicted molar refractivity (Wildman–Crippen MR) is 187 cm³/mol. The van der Waals surface area contributed by atoms with E-state index in [0.29, 0.717) is 17.8 Å². The number of rotatable bonds is 16. The lowest BCUT2D eigenvalue weighted by Gasteiger charge is -2.25. The number of aromatic nitrogens is 2. The van der Waals surface area contributed by atoms with Gasteiger partial charge in [-0.05, 0) is 125 Å². The van der Waals surface area contributed by atoms with Crippen LogP contribution in [0, 0.1) is 31.6 Å². The summed E-state index contributed by atoms with van der Waals surface area (Å²) >= 11 is 0. The molecule has 3 aromatic rings. The van der Waals surface area contributed by atoms with Gasteiger partial charge in [0.15, 0.2) is 0 Å². The van der Waals surface area contributed by atoms with Gasteiger partial charge in [-0.15, -0.1) is 0 Å². The summed E-state index contributed by atoms with van der Waals surface area (Å²) in [5.74, 6) is 2.71. The van der Waals surface area contributed by atoms with Crippen LogP contribution < -0.4 is 5.32 Å². The molecule has 1 aromatic heterocycles. The van der Waals surface area contributed by atoms with Crippen LogP contribution in [-0.4, -0.2) is 58.5 Å². The van der Waals surface area contributed by atoms with Gasteiger partial charge in [0.05, 0.1) is 11.0 Å². The average Bonchev–Trinajstić information content (AvgIpc) is 3.31. The first-order valence-corrected chi connectivity index (χ1v) is 16.8. The predicted octanol–water partition coefficient (Wildman–Crippen LogP) is 8.78. The third-order valence-corrected chi connectivity index (χ3v) is 8.59. The van der Waals surface area contributed by atoms with E-state index in [1.165, 1.54) is 17.5 Å². The molecule has 238 valence electrons. The number of nitrogens with zero attached hydrogens (tertiary/aromatic N) is 4. The van der Waals surface area contributed by atoms with E-state index in [2.05, 4.69) is 117 Å². The molecular weight excluding hydrogens is 542 g/mol. The smallest absolute Gasteiger partial charge is 0.253 e. The zero-order valence-electron chi connectivity index (χ0n) is 28.3. The molecule has 0 saturated carbocycles. The molecule has 44 heavy (non-hydrogen) atoms. The lowest BCUT2D eigenvalue weighted by molar-refractivity contribution is 0.0741. The third kappa shape index (κ3) is 9.82. The van der Waals surface area contributed by atoms with Crippen molar-refractivity contribution in [2.75, 3.05) is 38.5 Å². The number of benzene rings is 2. The molecule has 2 aromatic carbocycles. The molecule has 0 spiro atoms. The molecule has 0 radical (unpaired) electrons. The highest BCUT2D eigenvalue weighted by Gasteiger charge is 2.20. The second-order valence-corrected chi connectivity index (χ2v) is 13.7. The van der Waals surface area contributed by atoms with Crippen LogP contribution in [0.4, 0.5) is 11.6 Å². The van der Waals surface area contributed by atoms with Crippen molar-refractivity contribution in [2.24, 2.45) is 17.8 Å². The Balaban J connectivity index is 1.56. The molecular formula is C38H55N5O. The van der Waals surface area contributed by atoms with E-state index in [1.54, 1.807) is 0 Å². The Hall–Kier alpha value is -3.38. The number of allylic oxidation sites excluding steroid dienone is 4. The number of imidazole rings is 1. The molecule has 1 unspecified atom stereocenters. The molecule has 1 aliphatic rings. The van der Waals surface area contributed by atoms with Crippen LogP contribution in [0.25, 0.3) is 11.0 Å². The number of carbonyl (C=O) groups is 1. The van der Waals surface area contributed by atoms with E-state index in [1.807, 2.05) is 12.1 Å². The van der Waals surface area contributed by atoms with Crippen molar-refractivity contribution in [1.29, 1.82) is 0 Å². The van der Waals surface area contributed by atoms with Gasteiger partial charge < -0.3 is 19.7 Å². The van der Waals surface area contributed by atoms with E-state index >= 15 is 0 Å². The molecule has 1 heterocycles. The van der Waals surface area contributed by atoms with Crippen molar-refractivity contribution in [1.82, 2.24) is 19.4 Å². The number of hydrogen-bond donors (Lipinski definition) is 1. The van der Waals surface area contributed by atoms with Crippen LogP contribution in [0.3, 0.4) is 0 Å². The zero-order chi connectivity index (χ0) is 31.6. The Morgan fingerprint density at radius 2 is 1.66 bits per heavy atom. The minimum absolute atomic E-state index is 0.121. The summed E-state index contributed by atoms with van der Waals surface area (Å²) in [6.07, 6.45) is 14.3. The van der Waals surface area contributed by atoms with Crippen LogP contribution in [0.5, 0.6) is 0 Å². The molecule has 4 rings (SSSR count). The van der Waals surface area contributed by atoms with E-state index in [9.17, 15) is 4.79 Å². The van der Waals surface area contributed by atoms with Gasteiger partial charge >= 0.3 is 0 Å². The fourth-order valence-electron chi connectivity index (χ4n) is 5.92. The lowest BCUT2D eigenvalue weighted by Crippen LogP contribution is -2.34. The minimum atomic E-state index is 0.121. The van der Waals surface area contributed by atoms with Crippen LogP contribution in [0.15, 0.2) is 60.7 Å². The summed E-state index contributed by atoms with van der Waals surface area (Å²) in [4.78, 5) is 23.4. The summed E-state index contributed by atoms with van der Waals surface area (Å²) < 4.78 is 2.28. The van der Waals surface area contributed by atoms with Crippen molar-refractivity contribution in [2.45, 2.75) is 80.2 Å². The fourth-order valence-corrected chi connectivity index (χ4v) is 5.92. The quantitative estimate of drug-likeness (QED) is 0.179. The van der Waals surface area contributed by atoms with Gasteiger partial charge in [0.25, 0.3) is 5.91 Å². The van der Waals surface area contributed by atoms with Crippen LogP contribution >= 0.6 is 0 Å². The maximum absolute atomic E-state index is 13.9. The van der Waals surface area contributed by atoms with Gasteiger partial charge in [-0.1, -0.05) is 58.1 Å². The largest absolute Gasteiger partial charge is 0.339 e. The number of anilines is 2. The molecule has 0 bridgehead atoms. The summed E-state index contributed by atoms with van der Waals surface area (Å²) in [6, 6.07) is 12.6. The topological polar surface area (TPSA) is 53.4 Å². The molecule has 1 amide bonds. The maximum Gasteiger partial charge on any atom is 0.253 e. The Kier molecular flexibility index (Phi) is 12.2. The number of hydrogen-bond acceptors (Lipinski definition) is 4. The third-order valence-electron chi connectivity index (χ3n) is 8.59. The molecule has 1 aliphatic carbocycles. The van der Waals surface area contributed by atoms with Crippen molar-refractivity contribution in [3.63, 3.8) is 0 Å². The standard InChI is InChI=1S/C38H55N5O/c1-28(2)16-22-42(23-17-29(3)4)37(44)33-14-15-35-36(27-33)43(38(40-35)39-34-25-30(5)24-31(6)26-34)20-11-19-41(7)21-18-32-12-9-8-10-13-32/h8-10,12,14-15,24-29,32H,11,13,16-23H2,1-7H3,(H,39,40). The highest BCUT2D eigenvalue weighted by atomic mass is 16.2. The Bertz CT molecular complexity index is 1400. The first kappa shape index (κ1) is 33.5. The molecule has 1 atom stereocenters. The van der Waals surface area contributed by atoms with E-state index < -0.39 is 0 Å². The monoisotopic (exact) mass is 597 g/mol. The maximum atomic E-state index is 13.9. The Labute approximate surface area is 266 Å². The molecule has 6 nitrogen and oxygen atoms in total. The van der Waals surface area contributed by atoms with E-state index in [4.69, 9.17) is 4.98 Å². The fraction of sp³-hybridized carbons (Fsp3) is 0.526. The Morgan fingerprint density at radius 3 is 2.30 bits per heavy atom. The number of nitrogens with one attached hydrogen (secondary N) is 1. The van der Waals surface area contributed by atoms with Crippen molar-refractivity contribution in [3.05, 3.63) is 77.4 Å². The minimum Gasteiger partial charge on any atom is -0.339 e. The number of amides is 1. The zero-order valence-corrected chi connectivity index (χ0v) is 28.3. The SMILES string of the molecule is Cc1cc(C)cc(Nc2nc3ccc(C(=O)N(CCC(C)C)CCC(C)C)cc3n2CCCN(C)CCC2C=CC=CC2)c1. The molecule has 1 N–H and O–H groups in total. The first-order valence-electron chi connectivity index (χ1n) is 16.8. The molecule has 6 heteroatoms. The summed E-state index contributed by atoms with van der Waals surface area (Å²) in [5.41, 5.74) is 6.14. The van der Waals surface area contributed by atoms with E-state index in [0.717, 1.165) is 86.6 Å². The van der Waals surface area contributed by atoms with Crippen LogP contribution in [0.2, 0.25) is 0 Å². The normalized spacial score (nSPS) is 14.8. The van der Waals surface area contributed by atoms with Crippen LogP contribution in [-0.2, 0) is 6.54 Å². The average molecular weight is 598 g/mol. The summed E-state index contributed by atoms with van der Waals surface area (Å²) in [6.45, 7) is 17.6. The highest BCUT2D eigenvalue weighted by molar-refractivity contribution is 5.98. The molecule has 0 aliphatic heterocycles. The van der Waals surface area contributed by atoms with Gasteiger partial charge in [-0.25, -0.2) is 4.98 Å². The summed E-state index contributed by atoms with van der Waals surface area (Å²) in [5, 5.41) is 3.62. The number of fused-ring (bicyclic) bond motifs is 1. The van der Waals surface area contributed by atoms with Crippen molar-refractivity contribution < 1.29 is 4.79 Å². The van der Waals surface area contributed by atoms with Gasteiger partial charge in [-0.3, -0.25) is 4.79 Å².